The maximum atomic E-state index is 12.7. The molecule has 0 spiro atoms. The number of hydrogen-bond donors (Lipinski definition) is 1. The van der Waals surface area contributed by atoms with Gasteiger partial charge in [0, 0.05) is 18.3 Å². The van der Waals surface area contributed by atoms with Crippen LogP contribution in [0.15, 0.2) is 36.5 Å². The summed E-state index contributed by atoms with van der Waals surface area (Å²) in [6.07, 6.45) is 2.15. The van der Waals surface area contributed by atoms with Gasteiger partial charge in [0.2, 0.25) is 0 Å². The molecule has 0 saturated heterocycles. The molecule has 1 unspecified atom stereocenters. The molecule has 0 bridgehead atoms. The van der Waals surface area contributed by atoms with E-state index in [-0.39, 0.29) is 11.9 Å². The lowest BCUT2D eigenvalue weighted by Crippen LogP contribution is -2.41. The number of hydrogen-bond acceptors (Lipinski definition) is 5. The van der Waals surface area contributed by atoms with Gasteiger partial charge < -0.3 is 15.4 Å². The van der Waals surface area contributed by atoms with Crippen LogP contribution in [0.25, 0.3) is 11.1 Å². The van der Waals surface area contributed by atoms with E-state index in [4.69, 9.17) is 10.5 Å². The van der Waals surface area contributed by atoms with E-state index >= 15 is 0 Å². The van der Waals surface area contributed by atoms with Crippen LogP contribution in [0.5, 0.6) is 0 Å². The van der Waals surface area contributed by atoms with Crippen LogP contribution < -0.4 is 5.73 Å². The summed E-state index contributed by atoms with van der Waals surface area (Å²) in [7, 11) is 1.34. The predicted octanol–water partition coefficient (Wildman–Crippen LogP) is 2.24. The number of amides is 1. The van der Waals surface area contributed by atoms with Crippen LogP contribution in [0, 0.1) is 0 Å². The molecule has 0 radical (unpaired) electrons. The van der Waals surface area contributed by atoms with Crippen molar-refractivity contribution in [1.82, 2.24) is 9.88 Å². The van der Waals surface area contributed by atoms with E-state index in [0.29, 0.717) is 24.3 Å². The Morgan fingerprint density at radius 1 is 1.33 bits per heavy atom. The fourth-order valence-electron chi connectivity index (χ4n) is 3.03. The molecule has 6 heteroatoms. The van der Waals surface area contributed by atoms with Crippen molar-refractivity contribution >= 4 is 17.7 Å². The number of ether oxygens (including phenoxy) is 1. The molecular formula is C18H19N3O3. The molecule has 6 nitrogen and oxygen atoms in total. The molecule has 24 heavy (non-hydrogen) atoms. The SMILES string of the molecule is CCC(C(=O)OC)N1Cc2ccc(-c3ccnc(N)c3)cc2C1=O. The second-order valence-electron chi connectivity index (χ2n) is 5.72. The van der Waals surface area contributed by atoms with E-state index in [1.165, 1.54) is 7.11 Å². The van der Waals surface area contributed by atoms with Gasteiger partial charge in [0.15, 0.2) is 0 Å². The van der Waals surface area contributed by atoms with Gasteiger partial charge in [-0.15, -0.1) is 0 Å². The second kappa shape index (κ2) is 6.31. The Morgan fingerprint density at radius 3 is 2.75 bits per heavy atom. The number of nitrogens with zero attached hydrogens (tertiary/aromatic N) is 2. The quantitative estimate of drug-likeness (QED) is 0.871. The zero-order chi connectivity index (χ0) is 17.3. The summed E-state index contributed by atoms with van der Waals surface area (Å²) in [4.78, 5) is 30.2. The number of pyridine rings is 1. The van der Waals surface area contributed by atoms with E-state index in [2.05, 4.69) is 4.98 Å². The van der Waals surface area contributed by atoms with Crippen LogP contribution in [-0.2, 0) is 16.1 Å². The Morgan fingerprint density at radius 2 is 2.08 bits per heavy atom. The minimum Gasteiger partial charge on any atom is -0.467 e. The number of carbonyl (C=O) groups excluding carboxylic acids is 2. The Bertz CT molecular complexity index is 804. The summed E-state index contributed by atoms with van der Waals surface area (Å²) in [5, 5.41) is 0. The number of nitrogens with two attached hydrogens (primary N) is 1. The average Bonchev–Trinajstić information content (AvgIpc) is 2.91. The molecule has 1 aromatic carbocycles. The molecule has 124 valence electrons. The highest BCUT2D eigenvalue weighted by molar-refractivity contribution is 6.01. The van der Waals surface area contributed by atoms with Crippen molar-refractivity contribution in [1.29, 1.82) is 0 Å². The standard InChI is InChI=1S/C18H19N3O3/c1-3-15(18(23)24-2)21-10-13-5-4-11(8-14(13)17(21)22)12-6-7-20-16(19)9-12/h4-9,15H,3,10H2,1-2H3,(H2,19,20). The molecule has 2 aromatic rings. The zero-order valence-electron chi connectivity index (χ0n) is 13.7. The molecule has 0 fully saturated rings. The lowest BCUT2D eigenvalue weighted by atomic mass is 10.0. The molecule has 1 aliphatic heterocycles. The first-order valence-corrected chi connectivity index (χ1v) is 7.78. The molecule has 2 heterocycles. The lowest BCUT2D eigenvalue weighted by molar-refractivity contribution is -0.146. The van der Waals surface area contributed by atoms with Gasteiger partial charge in [-0.1, -0.05) is 19.1 Å². The Hall–Kier alpha value is -2.89. The summed E-state index contributed by atoms with van der Waals surface area (Å²) in [5.41, 5.74) is 9.05. The maximum Gasteiger partial charge on any atom is 0.328 e. The number of benzene rings is 1. The summed E-state index contributed by atoms with van der Waals surface area (Å²) in [6.45, 7) is 2.28. The normalized spacial score (nSPS) is 14.4. The highest BCUT2D eigenvalue weighted by Gasteiger charge is 2.36. The molecule has 1 atom stereocenters. The van der Waals surface area contributed by atoms with Crippen molar-refractivity contribution in [2.75, 3.05) is 12.8 Å². The largest absolute Gasteiger partial charge is 0.467 e. The van der Waals surface area contributed by atoms with Crippen LogP contribution in [0.3, 0.4) is 0 Å². The molecular weight excluding hydrogens is 306 g/mol. The van der Waals surface area contributed by atoms with Gasteiger partial charge in [-0.25, -0.2) is 9.78 Å². The van der Waals surface area contributed by atoms with Gasteiger partial charge in [0.05, 0.1) is 7.11 Å². The van der Waals surface area contributed by atoms with Gasteiger partial charge in [0.25, 0.3) is 5.91 Å². The van der Waals surface area contributed by atoms with Gasteiger partial charge >= 0.3 is 5.97 Å². The summed E-state index contributed by atoms with van der Waals surface area (Å²) in [6, 6.07) is 8.76. The third-order valence-corrected chi connectivity index (χ3v) is 4.29. The lowest BCUT2D eigenvalue weighted by Gasteiger charge is -2.24. The summed E-state index contributed by atoms with van der Waals surface area (Å²) >= 11 is 0. The third-order valence-electron chi connectivity index (χ3n) is 4.29. The fourth-order valence-corrected chi connectivity index (χ4v) is 3.03. The summed E-state index contributed by atoms with van der Waals surface area (Å²) < 4.78 is 4.82. The molecule has 1 aliphatic rings. The fraction of sp³-hybridized carbons (Fsp3) is 0.278. The Kier molecular flexibility index (Phi) is 4.20. The summed E-state index contributed by atoms with van der Waals surface area (Å²) in [5.74, 6) is -0.107. The number of carbonyl (C=O) groups is 2. The van der Waals surface area contributed by atoms with Gasteiger partial charge in [-0.3, -0.25) is 4.79 Å². The van der Waals surface area contributed by atoms with Crippen LogP contribution >= 0.6 is 0 Å². The van der Waals surface area contributed by atoms with Crippen molar-refractivity contribution in [3.8, 4) is 11.1 Å². The number of nitrogen functional groups attached to an aromatic ring is 1. The second-order valence-corrected chi connectivity index (χ2v) is 5.72. The minimum absolute atomic E-state index is 0.147. The van der Waals surface area contributed by atoms with Gasteiger partial charge in [0.1, 0.15) is 11.9 Å². The first kappa shape index (κ1) is 16.0. The van der Waals surface area contributed by atoms with E-state index in [1.807, 2.05) is 31.2 Å². The molecule has 3 rings (SSSR count). The van der Waals surface area contributed by atoms with Gasteiger partial charge in [-0.2, -0.15) is 0 Å². The van der Waals surface area contributed by atoms with Crippen LogP contribution in [0.2, 0.25) is 0 Å². The highest BCUT2D eigenvalue weighted by Crippen LogP contribution is 2.30. The van der Waals surface area contributed by atoms with Crippen molar-refractivity contribution in [3.63, 3.8) is 0 Å². The van der Waals surface area contributed by atoms with Crippen LogP contribution in [-0.4, -0.2) is 34.9 Å². The number of aromatic nitrogens is 1. The number of methoxy groups -OCH3 is 1. The first-order chi connectivity index (χ1) is 11.5. The van der Waals surface area contributed by atoms with Crippen LogP contribution in [0.4, 0.5) is 5.82 Å². The van der Waals surface area contributed by atoms with Crippen molar-refractivity contribution in [3.05, 3.63) is 47.7 Å². The van der Waals surface area contributed by atoms with E-state index in [0.717, 1.165) is 16.7 Å². The van der Waals surface area contributed by atoms with Crippen molar-refractivity contribution in [2.24, 2.45) is 0 Å². The molecule has 0 aliphatic carbocycles. The zero-order valence-corrected chi connectivity index (χ0v) is 13.7. The van der Waals surface area contributed by atoms with E-state index < -0.39 is 6.04 Å². The number of rotatable bonds is 4. The highest BCUT2D eigenvalue weighted by atomic mass is 16.5. The monoisotopic (exact) mass is 325 g/mol. The Balaban J connectivity index is 1.94. The van der Waals surface area contributed by atoms with E-state index in [9.17, 15) is 9.59 Å². The van der Waals surface area contributed by atoms with Crippen molar-refractivity contribution < 1.29 is 14.3 Å². The van der Waals surface area contributed by atoms with Crippen LogP contribution in [0.1, 0.15) is 29.3 Å². The predicted molar refractivity (Wildman–Crippen MR) is 90.1 cm³/mol. The maximum absolute atomic E-state index is 12.7. The Labute approximate surface area is 140 Å². The average molecular weight is 325 g/mol. The number of fused-ring (bicyclic) bond motifs is 1. The number of anilines is 1. The molecule has 2 N–H and O–H groups in total. The third kappa shape index (κ3) is 2.71. The van der Waals surface area contributed by atoms with E-state index in [1.54, 1.807) is 17.2 Å². The molecule has 1 amide bonds. The topological polar surface area (TPSA) is 85.5 Å². The minimum atomic E-state index is -0.560. The van der Waals surface area contributed by atoms with Gasteiger partial charge in [-0.05, 0) is 41.3 Å². The number of esters is 1. The molecule has 0 saturated carbocycles. The molecule has 1 aromatic heterocycles. The first-order valence-electron chi connectivity index (χ1n) is 7.78. The smallest absolute Gasteiger partial charge is 0.328 e. The van der Waals surface area contributed by atoms with Crippen molar-refractivity contribution in [2.45, 2.75) is 25.9 Å².